The molecule has 0 bridgehead atoms. The maximum absolute atomic E-state index is 4.94. The van der Waals surface area contributed by atoms with Gasteiger partial charge in [-0.2, -0.15) is 4.98 Å². The Labute approximate surface area is 127 Å². The fourth-order valence-electron chi connectivity index (χ4n) is 2.29. The highest BCUT2D eigenvalue weighted by Gasteiger charge is 2.09. The summed E-state index contributed by atoms with van der Waals surface area (Å²) in [6.07, 6.45) is 6.31. The minimum Gasteiger partial charge on any atom is -0.356 e. The zero-order valence-electron chi connectivity index (χ0n) is 13.8. The summed E-state index contributed by atoms with van der Waals surface area (Å²) in [5, 5.41) is 10.5. The lowest BCUT2D eigenvalue weighted by Gasteiger charge is -2.18. The first-order valence-electron chi connectivity index (χ1n) is 7.93. The summed E-state index contributed by atoms with van der Waals surface area (Å²) in [6, 6.07) is 0. The van der Waals surface area contributed by atoms with Crippen molar-refractivity contribution in [3.8, 4) is 0 Å². The van der Waals surface area contributed by atoms with Crippen LogP contribution in [0.5, 0.6) is 0 Å². The van der Waals surface area contributed by atoms with E-state index in [0.29, 0.717) is 24.2 Å². The average molecular weight is 295 g/mol. The Bertz CT molecular complexity index is 416. The van der Waals surface area contributed by atoms with Crippen molar-refractivity contribution in [2.45, 2.75) is 59.4 Å². The Morgan fingerprint density at radius 2 is 2.05 bits per heavy atom. The molecular weight excluding hydrogens is 266 g/mol. The molecule has 120 valence electrons. The normalized spacial score (nSPS) is 13.2. The van der Waals surface area contributed by atoms with E-state index in [1.807, 2.05) is 0 Å². The fraction of sp³-hybridized carbons (Fsp3) is 0.800. The molecule has 6 heteroatoms. The maximum Gasteiger partial charge on any atom is 0.223 e. The van der Waals surface area contributed by atoms with E-state index in [4.69, 9.17) is 4.52 Å². The van der Waals surface area contributed by atoms with Crippen LogP contribution in [0.25, 0.3) is 0 Å². The molecule has 21 heavy (non-hydrogen) atoms. The van der Waals surface area contributed by atoms with Crippen molar-refractivity contribution in [3.63, 3.8) is 0 Å². The molecule has 0 radical (unpaired) electrons. The Balaban J connectivity index is 2.35. The van der Waals surface area contributed by atoms with Gasteiger partial charge in [-0.3, -0.25) is 4.99 Å². The van der Waals surface area contributed by atoms with Gasteiger partial charge in [0.1, 0.15) is 0 Å². The smallest absolute Gasteiger partial charge is 0.223 e. The van der Waals surface area contributed by atoms with Crippen molar-refractivity contribution in [1.29, 1.82) is 0 Å². The number of rotatable bonds is 9. The van der Waals surface area contributed by atoms with Gasteiger partial charge in [0.05, 0.1) is 6.54 Å². The predicted octanol–water partition coefficient (Wildman–Crippen LogP) is 2.65. The van der Waals surface area contributed by atoms with Crippen molar-refractivity contribution < 1.29 is 4.52 Å². The van der Waals surface area contributed by atoms with Crippen LogP contribution in [-0.4, -0.2) is 29.7 Å². The number of hydrogen-bond acceptors (Lipinski definition) is 4. The van der Waals surface area contributed by atoms with Gasteiger partial charge in [0.2, 0.25) is 5.89 Å². The molecule has 0 aliphatic heterocycles. The molecule has 0 spiro atoms. The lowest BCUT2D eigenvalue weighted by molar-refractivity contribution is 0.386. The van der Waals surface area contributed by atoms with E-state index in [9.17, 15) is 0 Å². The van der Waals surface area contributed by atoms with Crippen molar-refractivity contribution in [1.82, 2.24) is 20.8 Å². The second kappa shape index (κ2) is 10.2. The van der Waals surface area contributed by atoms with Gasteiger partial charge in [-0.15, -0.1) is 0 Å². The third-order valence-corrected chi connectivity index (χ3v) is 3.43. The SMILES string of the molecule is CCCCC(CCC)CNC(=NC)NCc1noc(C)n1. The summed E-state index contributed by atoms with van der Waals surface area (Å²) in [6.45, 7) is 7.74. The summed E-state index contributed by atoms with van der Waals surface area (Å²) in [4.78, 5) is 8.39. The second-order valence-electron chi connectivity index (χ2n) is 5.33. The fourth-order valence-corrected chi connectivity index (χ4v) is 2.29. The van der Waals surface area contributed by atoms with Crippen LogP contribution < -0.4 is 10.6 Å². The van der Waals surface area contributed by atoms with E-state index in [1.165, 1.54) is 32.1 Å². The van der Waals surface area contributed by atoms with Gasteiger partial charge in [0.15, 0.2) is 11.8 Å². The van der Waals surface area contributed by atoms with Crippen LogP contribution in [0.4, 0.5) is 0 Å². The Morgan fingerprint density at radius 3 is 2.62 bits per heavy atom. The second-order valence-corrected chi connectivity index (χ2v) is 5.33. The van der Waals surface area contributed by atoms with Gasteiger partial charge >= 0.3 is 0 Å². The largest absolute Gasteiger partial charge is 0.356 e. The van der Waals surface area contributed by atoms with Crippen LogP contribution in [0.15, 0.2) is 9.52 Å². The standard InChI is InChI=1S/C15H29N5O/c1-5-7-9-13(8-6-2)10-17-15(16-4)18-11-14-19-12(3)21-20-14/h13H,5-11H2,1-4H3,(H2,16,17,18). The summed E-state index contributed by atoms with van der Waals surface area (Å²) >= 11 is 0. The third-order valence-electron chi connectivity index (χ3n) is 3.43. The average Bonchev–Trinajstić information content (AvgIpc) is 2.90. The quantitative estimate of drug-likeness (QED) is 0.541. The number of nitrogens with one attached hydrogen (secondary N) is 2. The van der Waals surface area contributed by atoms with E-state index in [0.717, 1.165) is 12.5 Å². The van der Waals surface area contributed by atoms with E-state index in [2.05, 4.69) is 39.6 Å². The van der Waals surface area contributed by atoms with Crippen LogP contribution in [0.3, 0.4) is 0 Å². The van der Waals surface area contributed by atoms with Crippen LogP contribution >= 0.6 is 0 Å². The zero-order valence-corrected chi connectivity index (χ0v) is 13.8. The van der Waals surface area contributed by atoms with Crippen LogP contribution in [0.2, 0.25) is 0 Å². The summed E-state index contributed by atoms with van der Waals surface area (Å²) in [7, 11) is 1.78. The van der Waals surface area contributed by atoms with E-state index in [1.54, 1.807) is 14.0 Å². The number of aryl methyl sites for hydroxylation is 1. The Hall–Kier alpha value is -1.59. The summed E-state index contributed by atoms with van der Waals surface area (Å²) in [5.41, 5.74) is 0. The number of hydrogen-bond donors (Lipinski definition) is 2. The molecule has 0 amide bonds. The molecule has 0 saturated carbocycles. The number of aromatic nitrogens is 2. The van der Waals surface area contributed by atoms with Gasteiger partial charge < -0.3 is 15.2 Å². The third kappa shape index (κ3) is 7.11. The highest BCUT2D eigenvalue weighted by Crippen LogP contribution is 2.13. The van der Waals surface area contributed by atoms with E-state index in [-0.39, 0.29) is 0 Å². The maximum atomic E-state index is 4.94. The summed E-state index contributed by atoms with van der Waals surface area (Å²) in [5.74, 6) is 2.72. The minimum absolute atomic E-state index is 0.518. The predicted molar refractivity (Wildman–Crippen MR) is 85.2 cm³/mol. The first-order chi connectivity index (χ1) is 10.2. The molecule has 0 aliphatic rings. The molecule has 1 heterocycles. The summed E-state index contributed by atoms with van der Waals surface area (Å²) < 4.78 is 4.94. The zero-order chi connectivity index (χ0) is 15.5. The molecule has 0 fully saturated rings. The monoisotopic (exact) mass is 295 g/mol. The molecule has 6 nitrogen and oxygen atoms in total. The van der Waals surface area contributed by atoms with E-state index >= 15 is 0 Å². The van der Waals surface area contributed by atoms with Crippen LogP contribution in [0.1, 0.15) is 57.7 Å². The van der Waals surface area contributed by atoms with Crippen molar-refractivity contribution in [3.05, 3.63) is 11.7 Å². The lowest BCUT2D eigenvalue weighted by Crippen LogP contribution is -2.39. The number of unbranched alkanes of at least 4 members (excludes halogenated alkanes) is 1. The van der Waals surface area contributed by atoms with Gasteiger partial charge in [-0.25, -0.2) is 0 Å². The highest BCUT2D eigenvalue weighted by atomic mass is 16.5. The van der Waals surface area contributed by atoms with Gasteiger partial charge in [-0.1, -0.05) is 38.3 Å². The van der Waals surface area contributed by atoms with Crippen molar-refractivity contribution >= 4 is 5.96 Å². The highest BCUT2D eigenvalue weighted by molar-refractivity contribution is 5.79. The lowest BCUT2D eigenvalue weighted by atomic mass is 9.97. The molecular formula is C15H29N5O. The van der Waals surface area contributed by atoms with Gasteiger partial charge in [0, 0.05) is 20.5 Å². The topological polar surface area (TPSA) is 75.3 Å². The van der Waals surface area contributed by atoms with Crippen molar-refractivity contribution in [2.24, 2.45) is 10.9 Å². The molecule has 0 aromatic carbocycles. The molecule has 1 aromatic rings. The number of guanidine groups is 1. The molecule has 1 unspecified atom stereocenters. The Kier molecular flexibility index (Phi) is 8.47. The first kappa shape index (κ1) is 17.5. The Morgan fingerprint density at radius 1 is 1.24 bits per heavy atom. The van der Waals surface area contributed by atoms with E-state index < -0.39 is 0 Å². The van der Waals surface area contributed by atoms with Crippen LogP contribution in [-0.2, 0) is 6.54 Å². The molecule has 0 aliphatic carbocycles. The molecule has 0 saturated heterocycles. The molecule has 1 rings (SSSR count). The van der Waals surface area contributed by atoms with Gasteiger partial charge in [-0.05, 0) is 18.8 Å². The van der Waals surface area contributed by atoms with Gasteiger partial charge in [0.25, 0.3) is 0 Å². The van der Waals surface area contributed by atoms with Crippen molar-refractivity contribution in [2.75, 3.05) is 13.6 Å². The van der Waals surface area contributed by atoms with Crippen LogP contribution in [0, 0.1) is 12.8 Å². The number of aliphatic imine (C=N–C) groups is 1. The molecule has 1 aromatic heterocycles. The first-order valence-corrected chi connectivity index (χ1v) is 7.93. The minimum atomic E-state index is 0.518. The number of nitrogens with zero attached hydrogens (tertiary/aromatic N) is 3. The molecule has 1 atom stereocenters. The molecule has 2 N–H and O–H groups in total.